The minimum atomic E-state index is 0.832. The van der Waals surface area contributed by atoms with Crippen LogP contribution in [0, 0.1) is 5.92 Å². The van der Waals surface area contributed by atoms with Gasteiger partial charge in [0.05, 0.1) is 0 Å². The summed E-state index contributed by atoms with van der Waals surface area (Å²) in [5.41, 5.74) is 1.16. The predicted octanol–water partition coefficient (Wildman–Crippen LogP) is 4.35. The van der Waals surface area contributed by atoms with E-state index in [1.807, 2.05) is 6.07 Å². The summed E-state index contributed by atoms with van der Waals surface area (Å²) < 4.78 is 4.07. The quantitative estimate of drug-likeness (QED) is 0.800. The van der Waals surface area contributed by atoms with Crippen molar-refractivity contribution in [3.8, 4) is 5.69 Å². The largest absolute Gasteiger partial charge is 0.290 e. The maximum Gasteiger partial charge on any atom is 0.139 e. The van der Waals surface area contributed by atoms with Gasteiger partial charge in [-0.25, -0.2) is 4.98 Å². The Morgan fingerprint density at radius 2 is 1.88 bits per heavy atom. The molecule has 1 aliphatic carbocycles. The van der Waals surface area contributed by atoms with Gasteiger partial charge in [0.2, 0.25) is 0 Å². The molecular weight excluding hydrogens is 344 g/mol. The summed E-state index contributed by atoms with van der Waals surface area (Å²) >= 11 is 7.10. The van der Waals surface area contributed by atoms with Gasteiger partial charge >= 0.3 is 0 Å². The van der Waals surface area contributed by atoms with Crippen molar-refractivity contribution in [2.45, 2.75) is 19.3 Å². The lowest BCUT2D eigenvalue weighted by Crippen LogP contribution is -2.02. The van der Waals surface area contributed by atoms with E-state index >= 15 is 0 Å². The molecule has 17 heavy (non-hydrogen) atoms. The molecular formula is C13H12Br2N2. The Labute approximate surface area is 117 Å². The minimum Gasteiger partial charge on any atom is -0.290 e. The molecule has 88 valence electrons. The fraction of sp³-hybridized carbons (Fsp3) is 0.308. The Bertz CT molecular complexity index is 530. The lowest BCUT2D eigenvalue weighted by molar-refractivity contribution is 0.748. The van der Waals surface area contributed by atoms with Gasteiger partial charge in [0.15, 0.2) is 0 Å². The Morgan fingerprint density at radius 3 is 2.53 bits per heavy atom. The van der Waals surface area contributed by atoms with E-state index in [1.54, 1.807) is 0 Å². The predicted molar refractivity (Wildman–Crippen MR) is 75.4 cm³/mol. The van der Waals surface area contributed by atoms with Crippen LogP contribution in [0.3, 0.4) is 0 Å². The average molecular weight is 356 g/mol. The van der Waals surface area contributed by atoms with Gasteiger partial charge < -0.3 is 0 Å². The lowest BCUT2D eigenvalue weighted by Gasteiger charge is -2.08. The highest BCUT2D eigenvalue weighted by atomic mass is 79.9. The number of imidazole rings is 1. The first kappa shape index (κ1) is 11.5. The molecule has 0 radical (unpaired) electrons. The maximum atomic E-state index is 4.60. The van der Waals surface area contributed by atoms with Gasteiger partial charge in [-0.2, -0.15) is 0 Å². The summed E-state index contributed by atoms with van der Waals surface area (Å²) in [6, 6.07) is 10.3. The van der Waals surface area contributed by atoms with E-state index in [-0.39, 0.29) is 0 Å². The molecule has 3 rings (SSSR count). The lowest BCUT2D eigenvalue weighted by atomic mass is 10.2. The third kappa shape index (κ3) is 2.33. The highest BCUT2D eigenvalue weighted by Gasteiger charge is 2.25. The van der Waals surface area contributed by atoms with Gasteiger partial charge in [0, 0.05) is 12.1 Å². The molecule has 1 aromatic heterocycles. The zero-order valence-electron chi connectivity index (χ0n) is 9.24. The normalized spacial score (nSPS) is 15.2. The summed E-state index contributed by atoms with van der Waals surface area (Å²) in [7, 11) is 0. The van der Waals surface area contributed by atoms with Crippen molar-refractivity contribution in [2.24, 2.45) is 5.92 Å². The molecule has 4 heteroatoms. The summed E-state index contributed by atoms with van der Waals surface area (Å²) in [6.45, 7) is 0. The zero-order valence-corrected chi connectivity index (χ0v) is 12.4. The van der Waals surface area contributed by atoms with Gasteiger partial charge in [0.25, 0.3) is 0 Å². The van der Waals surface area contributed by atoms with Crippen molar-refractivity contribution in [1.29, 1.82) is 0 Å². The average Bonchev–Trinajstić information content (AvgIpc) is 3.09. The minimum absolute atomic E-state index is 0.832. The first-order chi connectivity index (χ1) is 8.25. The third-order valence-electron chi connectivity index (χ3n) is 3.03. The fourth-order valence-corrected chi connectivity index (χ4v) is 2.85. The second-order valence-electron chi connectivity index (χ2n) is 4.43. The van der Waals surface area contributed by atoms with Gasteiger partial charge in [-0.3, -0.25) is 4.57 Å². The summed E-state index contributed by atoms with van der Waals surface area (Å²) in [4.78, 5) is 4.60. The SMILES string of the molecule is Brc1nc(CC2CC2)n(-c2ccccc2)c1Br. The van der Waals surface area contributed by atoms with Crippen molar-refractivity contribution < 1.29 is 0 Å². The summed E-state index contributed by atoms with van der Waals surface area (Å²) in [5.74, 6) is 1.97. The van der Waals surface area contributed by atoms with Crippen LogP contribution >= 0.6 is 31.9 Å². The van der Waals surface area contributed by atoms with Crippen LogP contribution in [0.15, 0.2) is 39.5 Å². The number of halogens is 2. The number of benzene rings is 1. The van der Waals surface area contributed by atoms with Crippen LogP contribution in [0.2, 0.25) is 0 Å². The molecule has 1 heterocycles. The van der Waals surface area contributed by atoms with E-state index in [9.17, 15) is 0 Å². The second kappa shape index (κ2) is 4.58. The van der Waals surface area contributed by atoms with Crippen molar-refractivity contribution in [1.82, 2.24) is 9.55 Å². The molecule has 0 N–H and O–H groups in total. The van der Waals surface area contributed by atoms with Crippen molar-refractivity contribution >= 4 is 31.9 Å². The Morgan fingerprint density at radius 1 is 1.18 bits per heavy atom. The Balaban J connectivity index is 2.06. The smallest absolute Gasteiger partial charge is 0.139 e. The van der Waals surface area contributed by atoms with Gasteiger partial charge in [-0.1, -0.05) is 18.2 Å². The van der Waals surface area contributed by atoms with Crippen LogP contribution in [-0.2, 0) is 6.42 Å². The molecule has 1 aromatic carbocycles. The summed E-state index contributed by atoms with van der Waals surface area (Å²) in [6.07, 6.45) is 3.76. The molecule has 1 saturated carbocycles. The number of para-hydroxylation sites is 1. The standard InChI is InChI=1S/C13H12Br2N2/c14-12-13(15)17(10-4-2-1-3-5-10)11(16-12)8-9-6-7-9/h1-5,9H,6-8H2. The van der Waals surface area contributed by atoms with Crippen molar-refractivity contribution in [2.75, 3.05) is 0 Å². The van der Waals surface area contributed by atoms with Crippen LogP contribution in [0.4, 0.5) is 0 Å². The van der Waals surface area contributed by atoms with Crippen LogP contribution < -0.4 is 0 Å². The molecule has 2 aromatic rings. The van der Waals surface area contributed by atoms with E-state index in [1.165, 1.54) is 12.8 Å². The summed E-state index contributed by atoms with van der Waals surface area (Å²) in [5, 5.41) is 0. The molecule has 0 bridgehead atoms. The number of hydrogen-bond donors (Lipinski definition) is 0. The van der Waals surface area contributed by atoms with Crippen molar-refractivity contribution in [3.63, 3.8) is 0 Å². The molecule has 0 unspecified atom stereocenters. The molecule has 2 nitrogen and oxygen atoms in total. The molecule has 0 atom stereocenters. The van der Waals surface area contributed by atoms with Gasteiger partial charge in [-0.15, -0.1) is 0 Å². The number of nitrogens with zero attached hydrogens (tertiary/aromatic N) is 2. The van der Waals surface area contributed by atoms with E-state index in [0.29, 0.717) is 0 Å². The van der Waals surface area contributed by atoms with Crippen LogP contribution in [-0.4, -0.2) is 9.55 Å². The molecule has 0 aliphatic heterocycles. The number of rotatable bonds is 3. The highest BCUT2D eigenvalue weighted by molar-refractivity contribution is 9.13. The van der Waals surface area contributed by atoms with E-state index in [2.05, 4.69) is 65.7 Å². The van der Waals surface area contributed by atoms with Crippen LogP contribution in [0.5, 0.6) is 0 Å². The topological polar surface area (TPSA) is 17.8 Å². The maximum absolute atomic E-state index is 4.60. The van der Waals surface area contributed by atoms with E-state index in [0.717, 1.165) is 33.1 Å². The van der Waals surface area contributed by atoms with E-state index < -0.39 is 0 Å². The molecule has 0 saturated heterocycles. The van der Waals surface area contributed by atoms with Gasteiger partial charge in [0.1, 0.15) is 15.0 Å². The third-order valence-corrected chi connectivity index (χ3v) is 4.85. The monoisotopic (exact) mass is 354 g/mol. The fourth-order valence-electron chi connectivity index (χ4n) is 1.97. The molecule has 0 amide bonds. The first-order valence-corrected chi connectivity index (χ1v) is 7.32. The Kier molecular flexibility index (Phi) is 3.09. The zero-order chi connectivity index (χ0) is 11.8. The highest BCUT2D eigenvalue weighted by Crippen LogP contribution is 2.35. The van der Waals surface area contributed by atoms with Crippen LogP contribution in [0.25, 0.3) is 5.69 Å². The Hall–Kier alpha value is -0.610. The number of hydrogen-bond acceptors (Lipinski definition) is 1. The number of aromatic nitrogens is 2. The first-order valence-electron chi connectivity index (χ1n) is 5.73. The molecule has 1 fully saturated rings. The van der Waals surface area contributed by atoms with Gasteiger partial charge in [-0.05, 0) is 62.8 Å². The molecule has 1 aliphatic rings. The van der Waals surface area contributed by atoms with E-state index in [4.69, 9.17) is 0 Å². The second-order valence-corrected chi connectivity index (χ2v) is 5.93. The van der Waals surface area contributed by atoms with Crippen molar-refractivity contribution in [3.05, 3.63) is 45.4 Å². The van der Waals surface area contributed by atoms with Crippen LogP contribution in [0.1, 0.15) is 18.7 Å². The molecule has 0 spiro atoms.